The average Bonchev–Trinajstić information content (AvgIpc) is 2.66. The van der Waals surface area contributed by atoms with Gasteiger partial charge in [0, 0.05) is 19.9 Å². The fraction of sp³-hybridized carbons (Fsp3) is 0.409. The van der Waals surface area contributed by atoms with E-state index in [0.717, 1.165) is 35.8 Å². The average molecular weight is 395 g/mol. The van der Waals surface area contributed by atoms with Crippen LogP contribution >= 0.6 is 11.8 Å². The second-order valence-corrected chi connectivity index (χ2v) is 9.49. The van der Waals surface area contributed by atoms with E-state index >= 15 is 0 Å². The summed E-state index contributed by atoms with van der Waals surface area (Å²) in [6.07, 6.45) is 4.73. The summed E-state index contributed by atoms with van der Waals surface area (Å²) in [5.74, 6) is 0.801. The van der Waals surface area contributed by atoms with Crippen molar-refractivity contribution < 1.29 is 5.32 Å². The molecule has 0 amide bonds. The number of nitrogens with one attached hydrogen (secondary N) is 1. The third kappa shape index (κ3) is 3.98. The van der Waals surface area contributed by atoms with E-state index in [1.165, 1.54) is 21.9 Å². The zero-order valence-corrected chi connectivity index (χ0v) is 17.8. The molecule has 6 heteroatoms. The Labute approximate surface area is 171 Å². The number of anilines is 1. The summed E-state index contributed by atoms with van der Waals surface area (Å²) >= 11 is 1.75. The third-order valence-corrected chi connectivity index (χ3v) is 6.42. The number of thioether (sulfide) groups is 1. The van der Waals surface area contributed by atoms with Crippen LogP contribution in [0.1, 0.15) is 39.2 Å². The number of allylic oxidation sites excluding steroid dienone is 2. The Kier molecular flexibility index (Phi) is 5.25. The topological polar surface area (TPSA) is 66.8 Å². The largest absolute Gasteiger partial charge is 0.371 e. The number of nitrogens with zero attached hydrogens (tertiary/aromatic N) is 3. The molecule has 2 aromatic rings. The van der Waals surface area contributed by atoms with E-state index < -0.39 is 0 Å². The van der Waals surface area contributed by atoms with Gasteiger partial charge in [0.1, 0.15) is 22.7 Å². The first-order chi connectivity index (χ1) is 13.4. The molecule has 1 atom stereocenters. The van der Waals surface area contributed by atoms with Gasteiger partial charge in [-0.25, -0.2) is 15.0 Å². The fourth-order valence-electron chi connectivity index (χ4n) is 4.07. The zero-order chi connectivity index (χ0) is 19.7. The second kappa shape index (κ2) is 7.68. The fourth-order valence-corrected chi connectivity index (χ4v) is 5.11. The summed E-state index contributed by atoms with van der Waals surface area (Å²) in [6.45, 7) is 6.98. The van der Waals surface area contributed by atoms with E-state index in [0.29, 0.717) is 6.04 Å². The molecule has 0 fully saturated rings. The number of aliphatic imine (C=N–C) groups is 1. The SMILES string of the molecule is CNc1ncnc2c1N=C1CC(C)(C)CC([NH2+][C@@H](C)Cc3ccccc3)=C1S2. The van der Waals surface area contributed by atoms with Gasteiger partial charge in [-0.2, -0.15) is 0 Å². The highest BCUT2D eigenvalue weighted by Gasteiger charge is 2.38. The van der Waals surface area contributed by atoms with Crippen LogP contribution in [0.3, 0.4) is 0 Å². The Bertz CT molecular complexity index is 933. The first-order valence-corrected chi connectivity index (χ1v) is 10.7. The predicted octanol–water partition coefficient (Wildman–Crippen LogP) is 3.92. The van der Waals surface area contributed by atoms with Crippen molar-refractivity contribution in [1.82, 2.24) is 9.97 Å². The van der Waals surface area contributed by atoms with Gasteiger partial charge in [0.05, 0.1) is 16.7 Å². The number of aromatic nitrogens is 2. The second-order valence-electron chi connectivity index (χ2n) is 8.49. The van der Waals surface area contributed by atoms with Crippen LogP contribution in [0.2, 0.25) is 0 Å². The molecule has 0 spiro atoms. The Balaban J connectivity index is 1.65. The maximum atomic E-state index is 5.01. The Morgan fingerprint density at radius 2 is 1.96 bits per heavy atom. The van der Waals surface area contributed by atoms with Crippen molar-refractivity contribution in [2.75, 3.05) is 12.4 Å². The van der Waals surface area contributed by atoms with Gasteiger partial charge in [-0.05, 0) is 24.3 Å². The van der Waals surface area contributed by atoms with Gasteiger partial charge in [-0.1, -0.05) is 55.9 Å². The van der Waals surface area contributed by atoms with Gasteiger partial charge in [0.15, 0.2) is 5.82 Å². The molecule has 3 N–H and O–H groups in total. The van der Waals surface area contributed by atoms with Crippen molar-refractivity contribution in [2.24, 2.45) is 10.4 Å². The van der Waals surface area contributed by atoms with Gasteiger partial charge in [0.25, 0.3) is 0 Å². The van der Waals surface area contributed by atoms with E-state index in [2.05, 4.69) is 71.7 Å². The molecule has 0 saturated heterocycles. The molecule has 0 unspecified atom stereocenters. The lowest BCUT2D eigenvalue weighted by molar-refractivity contribution is -0.643. The highest BCUT2D eigenvalue weighted by molar-refractivity contribution is 8.04. The molecule has 2 aliphatic rings. The van der Waals surface area contributed by atoms with Gasteiger partial charge in [0.2, 0.25) is 0 Å². The molecular weight excluding hydrogens is 366 g/mol. The van der Waals surface area contributed by atoms with Gasteiger partial charge < -0.3 is 10.6 Å². The van der Waals surface area contributed by atoms with Crippen molar-refractivity contribution in [1.29, 1.82) is 0 Å². The van der Waals surface area contributed by atoms with Gasteiger partial charge in [-0.3, -0.25) is 0 Å². The van der Waals surface area contributed by atoms with Crippen LogP contribution in [0.15, 0.2) is 57.3 Å². The molecule has 5 nitrogen and oxygen atoms in total. The Morgan fingerprint density at radius 1 is 1.18 bits per heavy atom. The van der Waals surface area contributed by atoms with Crippen LogP contribution in [-0.2, 0) is 6.42 Å². The van der Waals surface area contributed by atoms with E-state index in [1.807, 2.05) is 7.05 Å². The van der Waals surface area contributed by atoms with E-state index in [9.17, 15) is 0 Å². The molecule has 0 saturated carbocycles. The lowest BCUT2D eigenvalue weighted by Crippen LogP contribution is -2.88. The predicted molar refractivity (Wildman–Crippen MR) is 116 cm³/mol. The van der Waals surface area contributed by atoms with Gasteiger partial charge >= 0.3 is 0 Å². The molecule has 2 heterocycles. The summed E-state index contributed by atoms with van der Waals surface area (Å²) < 4.78 is 0. The molecule has 28 heavy (non-hydrogen) atoms. The van der Waals surface area contributed by atoms with Crippen molar-refractivity contribution in [3.63, 3.8) is 0 Å². The van der Waals surface area contributed by atoms with Crippen LogP contribution in [0.4, 0.5) is 11.5 Å². The van der Waals surface area contributed by atoms with Crippen LogP contribution < -0.4 is 10.6 Å². The summed E-state index contributed by atoms with van der Waals surface area (Å²) in [5.41, 5.74) is 5.06. The van der Waals surface area contributed by atoms with E-state index in [4.69, 9.17) is 4.99 Å². The Morgan fingerprint density at radius 3 is 2.71 bits per heavy atom. The molecule has 1 aromatic heterocycles. The summed E-state index contributed by atoms with van der Waals surface area (Å²) in [5, 5.41) is 6.55. The Hall–Kier alpha value is -2.18. The van der Waals surface area contributed by atoms with Crippen LogP contribution in [-0.4, -0.2) is 28.8 Å². The maximum absolute atomic E-state index is 5.01. The normalized spacial score (nSPS) is 18.8. The molecule has 1 aliphatic carbocycles. The summed E-state index contributed by atoms with van der Waals surface area (Å²) in [6, 6.07) is 11.2. The lowest BCUT2D eigenvalue weighted by Gasteiger charge is -2.34. The van der Waals surface area contributed by atoms with E-state index in [1.54, 1.807) is 18.1 Å². The number of benzene rings is 1. The van der Waals surface area contributed by atoms with Gasteiger partial charge in [-0.15, -0.1) is 0 Å². The van der Waals surface area contributed by atoms with Crippen LogP contribution in [0.5, 0.6) is 0 Å². The minimum atomic E-state index is 0.203. The maximum Gasteiger partial charge on any atom is 0.156 e. The zero-order valence-electron chi connectivity index (χ0n) is 17.0. The van der Waals surface area contributed by atoms with Crippen molar-refractivity contribution in [2.45, 2.75) is 51.1 Å². The lowest BCUT2D eigenvalue weighted by atomic mass is 9.78. The molecule has 146 valence electrons. The molecule has 0 radical (unpaired) electrons. The van der Waals surface area contributed by atoms with Crippen LogP contribution in [0, 0.1) is 5.41 Å². The molecular formula is C22H28N5S+. The number of quaternary nitrogens is 1. The summed E-state index contributed by atoms with van der Waals surface area (Å²) in [7, 11) is 1.88. The number of nitrogens with two attached hydrogens (primary N) is 1. The molecule has 1 aromatic carbocycles. The molecule has 4 rings (SSSR count). The quantitative estimate of drug-likeness (QED) is 0.754. The minimum absolute atomic E-state index is 0.203. The first-order valence-electron chi connectivity index (χ1n) is 9.86. The number of hydrogen-bond donors (Lipinski definition) is 2. The van der Waals surface area contributed by atoms with E-state index in [-0.39, 0.29) is 5.41 Å². The third-order valence-electron chi connectivity index (χ3n) is 5.23. The minimum Gasteiger partial charge on any atom is -0.371 e. The van der Waals surface area contributed by atoms with Crippen molar-refractivity contribution >= 4 is 29.0 Å². The number of rotatable bonds is 5. The first kappa shape index (κ1) is 19.2. The summed E-state index contributed by atoms with van der Waals surface area (Å²) in [4.78, 5) is 15.1. The van der Waals surface area contributed by atoms with Crippen molar-refractivity contribution in [3.05, 3.63) is 52.8 Å². The standard InChI is InChI=1S/C22H27N5S/c1-14(10-15-8-6-5-7-9-15)26-16-11-22(2,3)12-17-19(16)28-21-18(27-17)20(23-4)24-13-25-21/h5-9,13-14,26H,10-12H2,1-4H3,(H,23,24,25)/p+1/t14-/m0/s1. The highest BCUT2D eigenvalue weighted by Crippen LogP contribution is 2.48. The number of hydrogen-bond acceptors (Lipinski definition) is 5. The molecule has 1 aliphatic heterocycles. The monoisotopic (exact) mass is 394 g/mol. The number of fused-ring (bicyclic) bond motifs is 2. The van der Waals surface area contributed by atoms with Crippen LogP contribution in [0.25, 0.3) is 0 Å². The van der Waals surface area contributed by atoms with Crippen molar-refractivity contribution in [3.8, 4) is 0 Å². The smallest absolute Gasteiger partial charge is 0.156 e. The molecule has 0 bridgehead atoms. The highest BCUT2D eigenvalue weighted by atomic mass is 32.2.